The van der Waals surface area contributed by atoms with Gasteiger partial charge in [0.15, 0.2) is 0 Å². The summed E-state index contributed by atoms with van der Waals surface area (Å²) < 4.78 is 5.52. The van der Waals surface area contributed by atoms with Gasteiger partial charge in [0.05, 0.1) is 0 Å². The molecule has 1 aliphatic heterocycles. The predicted octanol–water partition coefficient (Wildman–Crippen LogP) is 5.16. The van der Waals surface area contributed by atoms with Crippen molar-refractivity contribution < 1.29 is 9.53 Å². The maximum atomic E-state index is 12.3. The molecular weight excluding hydrogens is 350 g/mol. The first-order chi connectivity index (χ1) is 13.2. The molecule has 2 aliphatic rings. The van der Waals surface area contributed by atoms with E-state index in [1.54, 1.807) is 6.20 Å². The summed E-state index contributed by atoms with van der Waals surface area (Å²) in [5, 5.41) is 0. The summed E-state index contributed by atoms with van der Waals surface area (Å²) in [5.41, 5.74) is 4.58. The third-order valence-electron chi connectivity index (χ3n) is 5.25. The maximum Gasteiger partial charge on any atom is 0.410 e. The van der Waals surface area contributed by atoms with Crippen molar-refractivity contribution in [2.24, 2.45) is 10.9 Å². The van der Waals surface area contributed by atoms with Crippen LogP contribution in [-0.2, 0) is 4.74 Å². The molecule has 0 N–H and O–H groups in total. The van der Waals surface area contributed by atoms with Gasteiger partial charge in [-0.3, -0.25) is 4.99 Å². The number of carbonyl (C=O) groups excluding carboxylic acids is 1. The molecule has 1 amide bonds. The lowest BCUT2D eigenvalue weighted by atomic mass is 9.93. The molecule has 5 nitrogen and oxygen atoms in total. The van der Waals surface area contributed by atoms with Gasteiger partial charge in [0, 0.05) is 49.4 Å². The first-order valence-corrected chi connectivity index (χ1v) is 10.5. The zero-order valence-corrected chi connectivity index (χ0v) is 18.5. The second kappa shape index (κ2) is 9.44. The molecule has 1 saturated carbocycles. The van der Waals surface area contributed by atoms with E-state index < -0.39 is 5.60 Å². The van der Waals surface area contributed by atoms with E-state index in [2.05, 4.69) is 43.3 Å². The smallest absolute Gasteiger partial charge is 0.410 e. The normalized spacial score (nSPS) is 20.1. The summed E-state index contributed by atoms with van der Waals surface area (Å²) in [7, 11) is 0. The lowest BCUT2D eigenvalue weighted by Gasteiger charge is -2.38. The van der Waals surface area contributed by atoms with Crippen molar-refractivity contribution in [1.82, 2.24) is 9.80 Å². The fraction of sp³-hybridized carbons (Fsp3) is 0.652. The highest BCUT2D eigenvalue weighted by Gasteiger charge is 2.32. The first kappa shape index (κ1) is 22.3. The third kappa shape index (κ3) is 5.73. The van der Waals surface area contributed by atoms with Gasteiger partial charge in [-0.05, 0) is 65.4 Å². The van der Waals surface area contributed by atoms with Crippen LogP contribution in [0, 0.1) is 5.92 Å². The Morgan fingerprint density at radius 3 is 2.18 bits per heavy atom. The lowest BCUT2D eigenvalue weighted by molar-refractivity contribution is 0.0168. The van der Waals surface area contributed by atoms with E-state index in [4.69, 9.17) is 4.74 Å². The number of rotatable bonds is 6. The molecule has 1 heterocycles. The number of nitrogens with zero attached hydrogens (tertiary/aromatic N) is 3. The van der Waals surface area contributed by atoms with Crippen LogP contribution >= 0.6 is 0 Å². The molecule has 2 fully saturated rings. The van der Waals surface area contributed by atoms with E-state index in [1.807, 2.05) is 25.7 Å². The molecule has 1 saturated heterocycles. The minimum Gasteiger partial charge on any atom is -0.444 e. The average Bonchev–Trinajstić information content (AvgIpc) is 3.47. The van der Waals surface area contributed by atoms with Crippen LogP contribution in [0.2, 0.25) is 0 Å². The zero-order chi connectivity index (χ0) is 20.9. The number of hydrogen-bond donors (Lipinski definition) is 0. The van der Waals surface area contributed by atoms with Crippen LogP contribution in [0.1, 0.15) is 60.8 Å². The van der Waals surface area contributed by atoms with Crippen LogP contribution in [-0.4, -0.2) is 53.4 Å². The Morgan fingerprint density at radius 2 is 1.75 bits per heavy atom. The fourth-order valence-electron chi connectivity index (χ4n) is 3.71. The highest BCUT2D eigenvalue weighted by molar-refractivity contribution is 6.04. The zero-order valence-electron chi connectivity index (χ0n) is 18.5. The van der Waals surface area contributed by atoms with Gasteiger partial charge in [-0.25, -0.2) is 4.79 Å². The molecule has 0 aromatic carbocycles. The molecule has 0 aromatic rings. The van der Waals surface area contributed by atoms with Crippen molar-refractivity contribution in [3.8, 4) is 0 Å². The van der Waals surface area contributed by atoms with Gasteiger partial charge in [0.1, 0.15) is 5.60 Å². The third-order valence-corrected chi connectivity index (χ3v) is 5.25. The van der Waals surface area contributed by atoms with Gasteiger partial charge in [-0.2, -0.15) is 0 Å². The van der Waals surface area contributed by atoms with Crippen LogP contribution in [0.5, 0.6) is 0 Å². The van der Waals surface area contributed by atoms with Crippen LogP contribution < -0.4 is 0 Å². The van der Waals surface area contributed by atoms with E-state index in [0.717, 1.165) is 25.2 Å². The number of carbonyl (C=O) groups is 1. The molecule has 2 rings (SSSR count). The minimum absolute atomic E-state index is 0.219. The highest BCUT2D eigenvalue weighted by Crippen LogP contribution is 2.42. The lowest BCUT2D eigenvalue weighted by Crippen LogP contribution is -2.49. The Hall–Kier alpha value is -2.04. The standard InChI is InChI=1S/C23H37N3O2/c1-8-19(18-11-12-18)21(20(9-2)24-10-3)17(4)25-13-15-26(16-14-25)22(27)28-23(5,6)7/h8,10,18H,3,9,11-16H2,1-2,4-7H3/b19-8-,21-17+,24-20?. The highest BCUT2D eigenvalue weighted by atomic mass is 16.6. The van der Waals surface area contributed by atoms with Gasteiger partial charge >= 0.3 is 6.09 Å². The molecule has 156 valence electrons. The van der Waals surface area contributed by atoms with Crippen LogP contribution in [0.3, 0.4) is 0 Å². The van der Waals surface area contributed by atoms with Crippen molar-refractivity contribution in [3.63, 3.8) is 0 Å². The number of hydrogen-bond acceptors (Lipinski definition) is 4. The minimum atomic E-state index is -0.459. The Kier molecular flexibility index (Phi) is 7.50. The summed E-state index contributed by atoms with van der Waals surface area (Å²) in [6.45, 7) is 19.0. The molecule has 0 aromatic heterocycles. The summed E-state index contributed by atoms with van der Waals surface area (Å²) in [6, 6.07) is 0. The van der Waals surface area contributed by atoms with Crippen LogP contribution in [0.4, 0.5) is 4.79 Å². The fourth-order valence-corrected chi connectivity index (χ4v) is 3.71. The summed E-state index contributed by atoms with van der Waals surface area (Å²) >= 11 is 0. The van der Waals surface area contributed by atoms with E-state index in [0.29, 0.717) is 19.0 Å². The number of aliphatic imine (C=N–C) groups is 1. The Morgan fingerprint density at radius 1 is 1.18 bits per heavy atom. The van der Waals surface area contributed by atoms with E-state index >= 15 is 0 Å². The SMILES string of the molecule is C=CN=C(CC)C(/C(=C\C)C1CC1)=C(\C)N1CCN(C(=O)OC(C)(C)C)CC1. The molecule has 0 radical (unpaired) electrons. The average molecular weight is 388 g/mol. The number of piperazine rings is 1. The quantitative estimate of drug-likeness (QED) is 0.467. The van der Waals surface area contributed by atoms with E-state index in [9.17, 15) is 4.79 Å². The van der Waals surface area contributed by atoms with Crippen molar-refractivity contribution in [1.29, 1.82) is 0 Å². The van der Waals surface area contributed by atoms with Gasteiger partial charge in [0.25, 0.3) is 0 Å². The van der Waals surface area contributed by atoms with Gasteiger partial charge in [0.2, 0.25) is 0 Å². The number of allylic oxidation sites excluding steroid dienone is 4. The van der Waals surface area contributed by atoms with Crippen LogP contribution in [0.25, 0.3) is 0 Å². The van der Waals surface area contributed by atoms with Crippen molar-refractivity contribution in [3.05, 3.63) is 35.7 Å². The van der Waals surface area contributed by atoms with E-state index in [-0.39, 0.29) is 6.09 Å². The molecule has 5 heteroatoms. The predicted molar refractivity (Wildman–Crippen MR) is 116 cm³/mol. The molecule has 0 unspecified atom stereocenters. The first-order valence-electron chi connectivity index (χ1n) is 10.5. The summed E-state index contributed by atoms with van der Waals surface area (Å²) in [6.07, 6.45) is 7.07. The van der Waals surface area contributed by atoms with Crippen molar-refractivity contribution in [2.75, 3.05) is 26.2 Å². The molecular formula is C23H37N3O2. The molecule has 28 heavy (non-hydrogen) atoms. The van der Waals surface area contributed by atoms with Gasteiger partial charge < -0.3 is 14.5 Å². The summed E-state index contributed by atoms with van der Waals surface area (Å²) in [5.74, 6) is 0.652. The largest absolute Gasteiger partial charge is 0.444 e. The molecule has 0 atom stereocenters. The molecule has 0 bridgehead atoms. The van der Waals surface area contributed by atoms with E-state index in [1.165, 1.54) is 29.7 Å². The Bertz CT molecular complexity index is 666. The summed E-state index contributed by atoms with van der Waals surface area (Å²) in [4.78, 5) is 21.1. The molecule has 1 aliphatic carbocycles. The van der Waals surface area contributed by atoms with Gasteiger partial charge in [-0.1, -0.05) is 19.6 Å². The Balaban J connectivity index is 2.21. The van der Waals surface area contributed by atoms with Crippen LogP contribution in [0.15, 0.2) is 40.7 Å². The second-order valence-corrected chi connectivity index (χ2v) is 8.55. The topological polar surface area (TPSA) is 45.1 Å². The maximum absolute atomic E-state index is 12.3. The second-order valence-electron chi connectivity index (χ2n) is 8.55. The van der Waals surface area contributed by atoms with Crippen molar-refractivity contribution >= 4 is 11.8 Å². The number of ether oxygens (including phenoxy) is 1. The van der Waals surface area contributed by atoms with Crippen molar-refractivity contribution in [2.45, 2.75) is 66.4 Å². The molecule has 0 spiro atoms. The number of amides is 1. The van der Waals surface area contributed by atoms with Gasteiger partial charge in [-0.15, -0.1) is 0 Å². The Labute approximate surface area is 170 Å². The monoisotopic (exact) mass is 387 g/mol.